The van der Waals surface area contributed by atoms with Crippen LogP contribution in [-0.2, 0) is 52.4 Å². The van der Waals surface area contributed by atoms with E-state index in [0.29, 0.717) is 0 Å². The van der Waals surface area contributed by atoms with Crippen molar-refractivity contribution in [1.29, 1.82) is 0 Å². The Labute approximate surface area is 351 Å². The molecule has 0 nitrogen and oxygen atoms in total. The van der Waals surface area contributed by atoms with Crippen molar-refractivity contribution in [3.8, 4) is 0 Å². The van der Waals surface area contributed by atoms with Crippen molar-refractivity contribution >= 4 is 0 Å². The van der Waals surface area contributed by atoms with Crippen molar-refractivity contribution in [3.05, 3.63) is 95.2 Å². The van der Waals surface area contributed by atoms with E-state index < -0.39 is 0 Å². The second kappa shape index (κ2) is 43.4. The van der Waals surface area contributed by atoms with Crippen LogP contribution in [0.25, 0.3) is 0 Å². The summed E-state index contributed by atoms with van der Waals surface area (Å²) < 4.78 is 0. The van der Waals surface area contributed by atoms with E-state index in [1.165, 1.54) is 151 Å². The summed E-state index contributed by atoms with van der Waals surface area (Å²) in [6.45, 7) is 9.00. The summed E-state index contributed by atoms with van der Waals surface area (Å²) in [5, 5.41) is 0. The SMILES string of the molecule is CCCCCCC1=[C-]CC=C1.CCCCCCC1=[C-]CC=C1.CCCCCCC1=[C-]CC=C1.CCCCCCC1=[C-]CC=C1.[Cl-].[Cl-].[Zr+2].[Zr+2]. The summed E-state index contributed by atoms with van der Waals surface area (Å²) in [6.07, 6.45) is 61.9. The average molecular weight is 850 g/mol. The first-order chi connectivity index (χ1) is 21.7. The van der Waals surface area contributed by atoms with E-state index in [0.717, 1.165) is 25.7 Å². The van der Waals surface area contributed by atoms with E-state index in [2.05, 4.69) is 101 Å². The summed E-state index contributed by atoms with van der Waals surface area (Å²) in [5.41, 5.74) is 5.73. The average Bonchev–Trinajstić information content (AvgIpc) is 3.89. The monoisotopic (exact) mass is 846 g/mol. The molecule has 0 radical (unpaired) electrons. The van der Waals surface area contributed by atoms with Crippen LogP contribution in [0.2, 0.25) is 0 Å². The van der Waals surface area contributed by atoms with Gasteiger partial charge >= 0.3 is 52.4 Å². The second-order valence-electron chi connectivity index (χ2n) is 12.5. The van der Waals surface area contributed by atoms with Crippen LogP contribution < -0.4 is 24.8 Å². The second-order valence-corrected chi connectivity index (χ2v) is 12.5. The third-order valence-electron chi connectivity index (χ3n) is 8.26. The molecule has 0 saturated heterocycles. The molecule has 0 spiro atoms. The zero-order valence-electron chi connectivity index (χ0n) is 31.3. The van der Waals surface area contributed by atoms with Gasteiger partial charge < -0.3 is 24.8 Å². The summed E-state index contributed by atoms with van der Waals surface area (Å²) in [5.74, 6) is 0. The Hall–Kier alpha value is 0.266. The Balaban J connectivity index is -0.000000262. The molecular weight excluding hydrogens is 782 g/mol. The van der Waals surface area contributed by atoms with Crippen LogP contribution in [0.3, 0.4) is 0 Å². The first kappa shape index (κ1) is 55.0. The van der Waals surface area contributed by atoms with Gasteiger partial charge in [0, 0.05) is 0 Å². The van der Waals surface area contributed by atoms with E-state index in [1.807, 2.05) is 0 Å². The zero-order chi connectivity index (χ0) is 31.8. The molecule has 0 aliphatic heterocycles. The molecule has 0 heterocycles. The van der Waals surface area contributed by atoms with Gasteiger partial charge in [0.2, 0.25) is 0 Å². The van der Waals surface area contributed by atoms with Crippen molar-refractivity contribution in [2.75, 3.05) is 0 Å². The van der Waals surface area contributed by atoms with Crippen molar-refractivity contribution in [2.24, 2.45) is 0 Å². The number of hydrogen-bond donors (Lipinski definition) is 0. The van der Waals surface area contributed by atoms with Gasteiger partial charge in [-0.1, -0.05) is 156 Å². The Morgan fingerprint density at radius 2 is 0.562 bits per heavy atom. The number of allylic oxidation sites excluding steroid dienone is 16. The first-order valence-corrected chi connectivity index (χ1v) is 18.8. The van der Waals surface area contributed by atoms with Gasteiger partial charge in [0.05, 0.1) is 0 Å². The minimum atomic E-state index is 0. The molecule has 0 fully saturated rings. The first-order valence-electron chi connectivity index (χ1n) is 18.8. The van der Waals surface area contributed by atoms with Crippen LogP contribution >= 0.6 is 0 Å². The molecule has 0 unspecified atom stereocenters. The maximum atomic E-state index is 3.34. The van der Waals surface area contributed by atoms with E-state index in [4.69, 9.17) is 0 Å². The summed E-state index contributed by atoms with van der Waals surface area (Å²) in [6, 6.07) is 0. The quantitative estimate of drug-likeness (QED) is 0.0852. The van der Waals surface area contributed by atoms with Crippen molar-refractivity contribution in [3.63, 3.8) is 0 Å². The van der Waals surface area contributed by atoms with E-state index in [-0.39, 0.29) is 77.2 Å². The molecule has 0 saturated carbocycles. The molecule has 0 aromatic rings. The van der Waals surface area contributed by atoms with Gasteiger partial charge in [0.25, 0.3) is 0 Å². The van der Waals surface area contributed by atoms with Gasteiger partial charge in [0.15, 0.2) is 0 Å². The van der Waals surface area contributed by atoms with E-state index in [1.54, 1.807) is 0 Å². The molecule has 0 aromatic carbocycles. The number of unbranched alkanes of at least 4 members (excludes halogenated alkanes) is 12. The topological polar surface area (TPSA) is 0 Å². The van der Waals surface area contributed by atoms with Crippen LogP contribution in [0, 0.1) is 24.3 Å². The standard InChI is InChI=1S/4C11H17.2ClH.2Zr/c4*1-2-3-4-5-8-11-9-6-7-10-11;;;;/h4*6,9H,2-5,7-8H2,1H3;2*1H;;/q4*-1;;;2*+2/p-2. The number of halogens is 2. The predicted molar refractivity (Wildman–Crippen MR) is 197 cm³/mol. The van der Waals surface area contributed by atoms with Gasteiger partial charge in [-0.3, -0.25) is 24.3 Å². The van der Waals surface area contributed by atoms with Crippen LogP contribution in [0.15, 0.2) is 70.9 Å². The fourth-order valence-electron chi connectivity index (χ4n) is 5.46. The van der Waals surface area contributed by atoms with Crippen LogP contribution in [0.5, 0.6) is 0 Å². The maximum Gasteiger partial charge on any atom is 2.00 e. The van der Waals surface area contributed by atoms with Crippen molar-refractivity contribution in [2.45, 2.75) is 182 Å². The van der Waals surface area contributed by atoms with Gasteiger partial charge in [-0.15, -0.1) is 25.7 Å². The molecule has 268 valence electrons. The third-order valence-corrected chi connectivity index (χ3v) is 8.26. The Bertz CT molecular complexity index is 782. The molecule has 0 bridgehead atoms. The van der Waals surface area contributed by atoms with E-state index in [9.17, 15) is 0 Å². The fraction of sp³-hybridized carbons (Fsp3) is 0.636. The van der Waals surface area contributed by atoms with Gasteiger partial charge in [-0.25, -0.2) is 46.6 Å². The Kier molecular flexibility index (Phi) is 49.8. The van der Waals surface area contributed by atoms with Crippen molar-refractivity contribution < 1.29 is 77.2 Å². The number of rotatable bonds is 20. The maximum absolute atomic E-state index is 3.34. The van der Waals surface area contributed by atoms with Gasteiger partial charge in [-0.05, 0) is 0 Å². The predicted octanol–water partition coefficient (Wildman–Crippen LogP) is 8.59. The fourth-order valence-corrected chi connectivity index (χ4v) is 5.46. The molecule has 0 amide bonds. The van der Waals surface area contributed by atoms with Crippen LogP contribution in [0.1, 0.15) is 182 Å². The minimum absolute atomic E-state index is 0. The molecule has 4 aliphatic carbocycles. The summed E-state index contributed by atoms with van der Waals surface area (Å²) in [7, 11) is 0. The molecule has 4 aliphatic rings. The number of hydrogen-bond acceptors (Lipinski definition) is 0. The molecule has 0 atom stereocenters. The third kappa shape index (κ3) is 34.7. The molecule has 0 N–H and O–H groups in total. The zero-order valence-corrected chi connectivity index (χ0v) is 37.8. The van der Waals surface area contributed by atoms with E-state index >= 15 is 0 Å². The van der Waals surface area contributed by atoms with Gasteiger partial charge in [0.1, 0.15) is 0 Å². The van der Waals surface area contributed by atoms with Crippen LogP contribution in [-0.4, -0.2) is 0 Å². The largest absolute Gasteiger partial charge is 2.00 e. The smallest absolute Gasteiger partial charge is 1.00 e. The van der Waals surface area contributed by atoms with Crippen LogP contribution in [0.4, 0.5) is 0 Å². The summed E-state index contributed by atoms with van der Waals surface area (Å²) in [4.78, 5) is 0. The molecule has 4 rings (SSSR count). The Morgan fingerprint density at radius 3 is 0.708 bits per heavy atom. The molecule has 0 aromatic heterocycles. The molecular formula is C44H68Cl2Zr2-2. The normalized spacial score (nSPS) is 14.2. The van der Waals surface area contributed by atoms with Crippen molar-refractivity contribution in [1.82, 2.24) is 0 Å². The molecule has 48 heavy (non-hydrogen) atoms. The van der Waals surface area contributed by atoms with Gasteiger partial charge in [-0.2, -0.15) is 24.3 Å². The molecule has 4 heteroatoms. The minimum Gasteiger partial charge on any atom is -1.00 e. The Morgan fingerprint density at radius 1 is 0.354 bits per heavy atom. The summed E-state index contributed by atoms with van der Waals surface area (Å²) >= 11 is 0.